The molecule has 1 N–H and O–H groups in total. The molecule has 2 nitrogen and oxygen atoms in total. The van der Waals surface area contributed by atoms with E-state index >= 15 is 0 Å². The molecule has 0 aliphatic carbocycles. The molecule has 1 rings (SSSR count). The second-order valence-electron chi connectivity index (χ2n) is 2.92. The highest BCUT2D eigenvalue weighted by atomic mass is 32.2. The third-order valence-corrected chi connectivity index (χ3v) is 2.40. The molecule has 0 aliphatic heterocycles. The Labute approximate surface area is 77.9 Å². The summed E-state index contributed by atoms with van der Waals surface area (Å²) in [5.41, 5.74) is 1.26. The second kappa shape index (κ2) is 5.17. The van der Waals surface area contributed by atoms with Gasteiger partial charge in [-0.3, -0.25) is 9.71 Å². The Hall–Kier alpha value is -0.540. The van der Waals surface area contributed by atoms with Crippen molar-refractivity contribution >= 4 is 11.9 Å². The topological polar surface area (TPSA) is 24.9 Å². The molecule has 1 heterocycles. The van der Waals surface area contributed by atoms with Gasteiger partial charge in [0, 0.05) is 24.2 Å². The summed E-state index contributed by atoms with van der Waals surface area (Å²) in [7, 11) is 0. The van der Waals surface area contributed by atoms with E-state index in [4.69, 9.17) is 0 Å². The van der Waals surface area contributed by atoms with Gasteiger partial charge in [-0.05, 0) is 25.5 Å². The highest BCUT2D eigenvalue weighted by molar-refractivity contribution is 7.96. The lowest BCUT2D eigenvalue weighted by Crippen LogP contribution is -2.14. The summed E-state index contributed by atoms with van der Waals surface area (Å²) in [5, 5.41) is 0. The molecule has 0 unspecified atom stereocenters. The zero-order valence-corrected chi connectivity index (χ0v) is 8.27. The molecule has 0 radical (unpaired) electrons. The predicted octanol–water partition coefficient (Wildman–Crippen LogP) is 2.23. The number of hydrogen-bond acceptors (Lipinski definition) is 3. The summed E-state index contributed by atoms with van der Waals surface area (Å²) in [5.74, 6) is 0.978. The summed E-state index contributed by atoms with van der Waals surface area (Å²) in [6.45, 7) is 4.27. The van der Waals surface area contributed by atoms with Crippen LogP contribution in [-0.2, 0) is 5.75 Å². The van der Waals surface area contributed by atoms with Crippen LogP contribution < -0.4 is 4.72 Å². The highest BCUT2D eigenvalue weighted by Gasteiger charge is 1.94. The van der Waals surface area contributed by atoms with Crippen molar-refractivity contribution in [3.63, 3.8) is 0 Å². The molecule has 0 atom stereocenters. The molecule has 0 spiro atoms. The normalized spacial score (nSPS) is 10.6. The van der Waals surface area contributed by atoms with Crippen molar-refractivity contribution < 1.29 is 0 Å². The molecular formula is C9H14N2S. The van der Waals surface area contributed by atoms with Gasteiger partial charge in [0.25, 0.3) is 0 Å². The monoisotopic (exact) mass is 182 g/mol. The average Bonchev–Trinajstić information content (AvgIpc) is 2.05. The van der Waals surface area contributed by atoms with Gasteiger partial charge in [0.1, 0.15) is 0 Å². The SMILES string of the molecule is CC(C)NSCc1cccnc1. The van der Waals surface area contributed by atoms with Crippen LogP contribution in [0, 0.1) is 0 Å². The lowest BCUT2D eigenvalue weighted by atomic mass is 10.3. The summed E-state index contributed by atoms with van der Waals surface area (Å²) in [6.07, 6.45) is 3.69. The molecule has 0 bridgehead atoms. The van der Waals surface area contributed by atoms with Gasteiger partial charge in [-0.2, -0.15) is 0 Å². The van der Waals surface area contributed by atoms with E-state index in [9.17, 15) is 0 Å². The third-order valence-electron chi connectivity index (χ3n) is 1.28. The fraction of sp³-hybridized carbons (Fsp3) is 0.444. The van der Waals surface area contributed by atoms with Crippen LogP contribution in [0.1, 0.15) is 19.4 Å². The standard InChI is InChI=1S/C9H14N2S/c1-8(2)11-12-7-9-4-3-5-10-6-9/h3-6,8,11H,7H2,1-2H3. The van der Waals surface area contributed by atoms with Gasteiger partial charge in [0.15, 0.2) is 0 Å². The van der Waals surface area contributed by atoms with Crippen LogP contribution in [-0.4, -0.2) is 11.0 Å². The molecule has 1 aromatic heterocycles. The van der Waals surface area contributed by atoms with Crippen LogP contribution in [0.4, 0.5) is 0 Å². The van der Waals surface area contributed by atoms with Crippen molar-refractivity contribution in [2.24, 2.45) is 0 Å². The van der Waals surface area contributed by atoms with Crippen molar-refractivity contribution in [1.82, 2.24) is 9.71 Å². The van der Waals surface area contributed by atoms with Gasteiger partial charge in [0.05, 0.1) is 0 Å². The molecular weight excluding hydrogens is 168 g/mol. The van der Waals surface area contributed by atoms with Crippen molar-refractivity contribution in [3.05, 3.63) is 30.1 Å². The van der Waals surface area contributed by atoms with Crippen molar-refractivity contribution in [1.29, 1.82) is 0 Å². The number of rotatable bonds is 4. The van der Waals surface area contributed by atoms with Crippen molar-refractivity contribution in [3.8, 4) is 0 Å². The van der Waals surface area contributed by atoms with Gasteiger partial charge in [-0.25, -0.2) is 0 Å². The number of aromatic nitrogens is 1. The molecule has 0 aromatic carbocycles. The zero-order valence-electron chi connectivity index (χ0n) is 7.45. The Balaban J connectivity index is 2.25. The number of nitrogens with zero attached hydrogens (tertiary/aromatic N) is 1. The minimum Gasteiger partial charge on any atom is -0.264 e. The number of pyridine rings is 1. The summed E-state index contributed by atoms with van der Waals surface area (Å²) >= 11 is 1.72. The van der Waals surface area contributed by atoms with Gasteiger partial charge in [-0.15, -0.1) is 0 Å². The lowest BCUT2D eigenvalue weighted by Gasteiger charge is -2.05. The molecule has 0 aliphatic rings. The van der Waals surface area contributed by atoms with Gasteiger partial charge in [0.2, 0.25) is 0 Å². The average molecular weight is 182 g/mol. The fourth-order valence-electron chi connectivity index (χ4n) is 0.775. The van der Waals surface area contributed by atoms with Gasteiger partial charge in [-0.1, -0.05) is 18.0 Å². The number of nitrogens with one attached hydrogen (secondary N) is 1. The Morgan fingerprint density at radius 2 is 2.42 bits per heavy atom. The van der Waals surface area contributed by atoms with Crippen molar-refractivity contribution in [2.75, 3.05) is 0 Å². The van der Waals surface area contributed by atoms with Gasteiger partial charge < -0.3 is 0 Å². The Morgan fingerprint density at radius 3 is 3.00 bits per heavy atom. The second-order valence-corrected chi connectivity index (χ2v) is 3.74. The Kier molecular flexibility index (Phi) is 4.11. The van der Waals surface area contributed by atoms with E-state index in [1.54, 1.807) is 18.1 Å². The largest absolute Gasteiger partial charge is 0.264 e. The molecule has 0 amide bonds. The maximum Gasteiger partial charge on any atom is 0.0345 e. The minimum absolute atomic E-state index is 0.534. The minimum atomic E-state index is 0.534. The molecule has 12 heavy (non-hydrogen) atoms. The highest BCUT2D eigenvalue weighted by Crippen LogP contribution is 2.07. The Bertz CT molecular complexity index is 211. The first-order chi connectivity index (χ1) is 5.79. The lowest BCUT2D eigenvalue weighted by molar-refractivity contribution is 0.770. The molecule has 3 heteroatoms. The fourth-order valence-corrected chi connectivity index (χ4v) is 1.53. The molecule has 0 saturated heterocycles. The first-order valence-corrected chi connectivity index (χ1v) is 5.04. The summed E-state index contributed by atoms with van der Waals surface area (Å²) in [4.78, 5) is 4.04. The zero-order chi connectivity index (χ0) is 8.81. The first kappa shape index (κ1) is 9.55. The maximum absolute atomic E-state index is 4.04. The van der Waals surface area contributed by atoms with Crippen LogP contribution in [0.15, 0.2) is 24.5 Å². The van der Waals surface area contributed by atoms with E-state index in [1.807, 2.05) is 12.3 Å². The van der Waals surface area contributed by atoms with E-state index in [2.05, 4.69) is 29.6 Å². The van der Waals surface area contributed by atoms with Crippen LogP contribution in [0.3, 0.4) is 0 Å². The molecule has 0 saturated carbocycles. The van der Waals surface area contributed by atoms with E-state index < -0.39 is 0 Å². The van der Waals surface area contributed by atoms with E-state index in [1.165, 1.54) is 5.56 Å². The Morgan fingerprint density at radius 1 is 1.58 bits per heavy atom. The molecule has 66 valence electrons. The quantitative estimate of drug-likeness (QED) is 0.723. The smallest absolute Gasteiger partial charge is 0.0345 e. The van der Waals surface area contributed by atoms with Crippen molar-refractivity contribution in [2.45, 2.75) is 25.6 Å². The summed E-state index contributed by atoms with van der Waals surface area (Å²) in [6, 6.07) is 4.58. The van der Waals surface area contributed by atoms with E-state index in [-0.39, 0.29) is 0 Å². The third kappa shape index (κ3) is 3.74. The van der Waals surface area contributed by atoms with Crippen LogP contribution in [0.2, 0.25) is 0 Å². The predicted molar refractivity (Wildman–Crippen MR) is 53.8 cm³/mol. The first-order valence-electron chi connectivity index (χ1n) is 4.05. The number of hydrogen-bond donors (Lipinski definition) is 1. The molecule has 0 fully saturated rings. The van der Waals surface area contributed by atoms with Gasteiger partial charge >= 0.3 is 0 Å². The van der Waals surface area contributed by atoms with E-state index in [0.29, 0.717) is 6.04 Å². The molecule has 1 aromatic rings. The van der Waals surface area contributed by atoms with Crippen LogP contribution >= 0.6 is 11.9 Å². The summed E-state index contributed by atoms with van der Waals surface area (Å²) < 4.78 is 3.28. The maximum atomic E-state index is 4.04. The van der Waals surface area contributed by atoms with E-state index in [0.717, 1.165) is 5.75 Å². The van der Waals surface area contributed by atoms with Crippen LogP contribution in [0.25, 0.3) is 0 Å². The van der Waals surface area contributed by atoms with Crippen LogP contribution in [0.5, 0.6) is 0 Å².